The Morgan fingerprint density at radius 1 is 0.345 bits per heavy atom. The minimum atomic E-state index is -0.451. The van der Waals surface area contributed by atoms with Crippen molar-refractivity contribution < 1.29 is 11.3 Å². The number of benzene rings is 8. The summed E-state index contributed by atoms with van der Waals surface area (Å²) in [6.45, 7) is 0. The summed E-state index contributed by atoms with van der Waals surface area (Å²) in [5, 5.41) is 1.54. The predicted molar refractivity (Wildman–Crippen MR) is 225 cm³/mol. The number of nitrogens with zero attached hydrogens (tertiary/aromatic N) is 3. The van der Waals surface area contributed by atoms with Crippen LogP contribution in [0, 0.1) is 0 Å². The molecule has 8 aromatic carbocycles. The molecule has 0 spiro atoms. The molecule has 0 N–H and O–H groups in total. The third-order valence-electron chi connectivity index (χ3n) is 9.78. The van der Waals surface area contributed by atoms with Gasteiger partial charge in [-0.15, -0.1) is 0 Å². The molecule has 0 saturated carbocycles. The average molecular weight is 709 g/mol. The van der Waals surface area contributed by atoms with Crippen LogP contribution in [-0.4, -0.2) is 15.0 Å². The van der Waals surface area contributed by atoms with E-state index < -0.39 is 18.1 Å². The van der Waals surface area contributed by atoms with E-state index in [1.165, 1.54) is 0 Å². The van der Waals surface area contributed by atoms with Gasteiger partial charge in [0.1, 0.15) is 11.2 Å². The number of hydrogen-bond donors (Lipinski definition) is 0. The standard InChI is InChI=1S/C51H33N3O/c1-6-16-34(17-7-1)40-28-41(35-18-8-2-9-19-35)30-43(29-40)51-53-49(38-24-14-5-15-25-38)52-50(54-51)39-26-27-44-46-32-42(36-20-10-3-11-21-36)31-45(37-22-12-4-13-23-37)48(46)55-47(44)33-39/h1-33H/i4D,12D,13D,22D,23D. The quantitative estimate of drug-likeness (QED) is 0.165. The monoisotopic (exact) mass is 708 g/mol. The zero-order chi connectivity index (χ0) is 40.9. The van der Waals surface area contributed by atoms with Crippen LogP contribution < -0.4 is 0 Å². The van der Waals surface area contributed by atoms with E-state index in [1.54, 1.807) is 0 Å². The van der Waals surface area contributed by atoms with Crippen molar-refractivity contribution in [1.29, 1.82) is 0 Å². The van der Waals surface area contributed by atoms with Gasteiger partial charge >= 0.3 is 0 Å². The predicted octanol–water partition coefficient (Wildman–Crippen LogP) is 13.4. The number of furan rings is 1. The van der Waals surface area contributed by atoms with Gasteiger partial charge < -0.3 is 4.42 Å². The van der Waals surface area contributed by atoms with Crippen molar-refractivity contribution in [3.8, 4) is 78.7 Å². The van der Waals surface area contributed by atoms with Crippen molar-refractivity contribution in [2.75, 3.05) is 0 Å². The van der Waals surface area contributed by atoms with Crippen LogP contribution in [0.25, 0.3) is 101 Å². The minimum absolute atomic E-state index is 0.0743. The Labute approximate surface area is 326 Å². The second kappa shape index (κ2) is 13.8. The van der Waals surface area contributed by atoms with Crippen molar-refractivity contribution in [2.24, 2.45) is 0 Å². The van der Waals surface area contributed by atoms with Crippen LogP contribution in [0.2, 0.25) is 0 Å². The molecule has 0 bridgehead atoms. The van der Waals surface area contributed by atoms with Crippen LogP contribution in [-0.2, 0) is 0 Å². The molecule has 0 unspecified atom stereocenters. The molecule has 4 nitrogen and oxygen atoms in total. The molecule has 4 heteroatoms. The van der Waals surface area contributed by atoms with E-state index in [1.807, 2.05) is 127 Å². The second-order valence-corrected chi connectivity index (χ2v) is 13.3. The number of rotatable bonds is 7. The molecule has 258 valence electrons. The van der Waals surface area contributed by atoms with E-state index in [0.717, 1.165) is 55.3 Å². The second-order valence-electron chi connectivity index (χ2n) is 13.3. The van der Waals surface area contributed by atoms with Crippen LogP contribution in [0.4, 0.5) is 0 Å². The van der Waals surface area contributed by atoms with Crippen LogP contribution in [0.1, 0.15) is 6.85 Å². The molecular formula is C51H33N3O. The molecule has 0 atom stereocenters. The molecule has 0 aliphatic carbocycles. The lowest BCUT2D eigenvalue weighted by atomic mass is 9.95. The summed E-state index contributed by atoms with van der Waals surface area (Å²) < 4.78 is 49.6. The first-order chi connectivity index (χ1) is 29.3. The van der Waals surface area contributed by atoms with Crippen LogP contribution in [0.15, 0.2) is 204 Å². The van der Waals surface area contributed by atoms with Gasteiger partial charge in [0.15, 0.2) is 17.5 Å². The number of fused-ring (bicyclic) bond motifs is 3. The Morgan fingerprint density at radius 2 is 0.818 bits per heavy atom. The smallest absolute Gasteiger partial charge is 0.164 e. The zero-order valence-electron chi connectivity index (χ0n) is 34.4. The molecule has 55 heavy (non-hydrogen) atoms. The van der Waals surface area contributed by atoms with E-state index in [0.29, 0.717) is 39.8 Å². The Morgan fingerprint density at radius 3 is 1.38 bits per heavy atom. The van der Waals surface area contributed by atoms with Gasteiger partial charge in [0.05, 0.1) is 6.85 Å². The summed E-state index contributed by atoms with van der Waals surface area (Å²) >= 11 is 0. The normalized spacial score (nSPS) is 12.5. The summed E-state index contributed by atoms with van der Waals surface area (Å²) in [6.07, 6.45) is 0. The molecule has 0 amide bonds. The van der Waals surface area contributed by atoms with Crippen molar-refractivity contribution in [1.82, 2.24) is 15.0 Å². The van der Waals surface area contributed by atoms with Crippen LogP contribution in [0.3, 0.4) is 0 Å². The zero-order valence-corrected chi connectivity index (χ0v) is 29.4. The molecule has 0 radical (unpaired) electrons. The van der Waals surface area contributed by atoms with Gasteiger partial charge in [-0.3, -0.25) is 0 Å². The lowest BCUT2D eigenvalue weighted by Crippen LogP contribution is -2.00. The molecule has 0 fully saturated rings. The fourth-order valence-electron chi connectivity index (χ4n) is 7.09. The van der Waals surface area contributed by atoms with Gasteiger partial charge in [0, 0.05) is 33.0 Å². The third kappa shape index (κ3) is 6.26. The summed E-state index contributed by atoms with van der Waals surface area (Å²) in [5.74, 6) is 1.47. The fourth-order valence-corrected chi connectivity index (χ4v) is 7.09. The topological polar surface area (TPSA) is 51.8 Å². The molecule has 10 rings (SSSR count). The third-order valence-corrected chi connectivity index (χ3v) is 9.78. The first kappa shape index (κ1) is 27.2. The van der Waals surface area contributed by atoms with Gasteiger partial charge in [-0.25, -0.2) is 15.0 Å². The Hall–Kier alpha value is -7.43. The van der Waals surface area contributed by atoms with Gasteiger partial charge in [-0.05, 0) is 81.4 Å². The first-order valence-electron chi connectivity index (χ1n) is 20.5. The molecule has 2 aromatic heterocycles. The molecule has 2 heterocycles. The Bertz CT molecular complexity index is 3160. The van der Waals surface area contributed by atoms with Gasteiger partial charge in [0.2, 0.25) is 0 Å². The van der Waals surface area contributed by atoms with Gasteiger partial charge in [-0.1, -0.05) is 158 Å². The van der Waals surface area contributed by atoms with Crippen LogP contribution >= 0.6 is 0 Å². The highest BCUT2D eigenvalue weighted by molar-refractivity contribution is 6.12. The highest BCUT2D eigenvalue weighted by Gasteiger charge is 2.19. The van der Waals surface area contributed by atoms with Crippen molar-refractivity contribution in [2.45, 2.75) is 0 Å². The average Bonchev–Trinajstić information content (AvgIpc) is 3.69. The van der Waals surface area contributed by atoms with Crippen molar-refractivity contribution in [3.05, 3.63) is 200 Å². The summed E-state index contributed by atoms with van der Waals surface area (Å²) in [6, 6.07) is 54.3. The van der Waals surface area contributed by atoms with Gasteiger partial charge in [-0.2, -0.15) is 0 Å². The van der Waals surface area contributed by atoms with Crippen molar-refractivity contribution in [3.63, 3.8) is 0 Å². The molecule has 10 aromatic rings. The minimum Gasteiger partial charge on any atom is -0.455 e. The Kier molecular flexibility index (Phi) is 6.85. The lowest BCUT2D eigenvalue weighted by Gasteiger charge is -2.12. The molecule has 0 saturated heterocycles. The van der Waals surface area contributed by atoms with E-state index in [9.17, 15) is 0 Å². The fraction of sp³-hybridized carbons (Fsp3) is 0. The van der Waals surface area contributed by atoms with E-state index >= 15 is 0 Å². The maximum absolute atomic E-state index is 8.87. The number of hydrogen-bond acceptors (Lipinski definition) is 4. The highest BCUT2D eigenvalue weighted by Crippen LogP contribution is 2.41. The maximum Gasteiger partial charge on any atom is 0.164 e. The van der Waals surface area contributed by atoms with E-state index in [4.69, 9.17) is 26.2 Å². The summed E-state index contributed by atoms with van der Waals surface area (Å²) in [5.41, 5.74) is 9.72. The van der Waals surface area contributed by atoms with E-state index in [-0.39, 0.29) is 17.6 Å². The van der Waals surface area contributed by atoms with E-state index in [2.05, 4.69) is 42.5 Å². The molecule has 0 aliphatic heterocycles. The van der Waals surface area contributed by atoms with Crippen LogP contribution in [0.5, 0.6) is 0 Å². The maximum atomic E-state index is 8.87. The molecule has 0 aliphatic rings. The SMILES string of the molecule is [2H]c1c([2H])c([2H])c(-c2cc(-c3ccccc3)cc3c2oc2cc(-c4nc(-c5ccccc5)nc(-c5cc(-c6ccccc6)cc(-c6ccccc6)c5)n4)ccc23)c([2H])c1[2H]. The number of aromatic nitrogens is 3. The summed E-state index contributed by atoms with van der Waals surface area (Å²) in [7, 11) is 0. The highest BCUT2D eigenvalue weighted by atomic mass is 16.3. The first-order valence-corrected chi connectivity index (χ1v) is 18.0. The molecular weight excluding hydrogens is 671 g/mol. The van der Waals surface area contributed by atoms with Gasteiger partial charge in [0.25, 0.3) is 0 Å². The largest absolute Gasteiger partial charge is 0.455 e. The van der Waals surface area contributed by atoms with Crippen molar-refractivity contribution >= 4 is 21.9 Å². The lowest BCUT2D eigenvalue weighted by molar-refractivity contribution is 0.670. The summed E-state index contributed by atoms with van der Waals surface area (Å²) in [4.78, 5) is 15.2. The Balaban J connectivity index is 1.19.